The molecule has 0 radical (unpaired) electrons. The minimum absolute atomic E-state index is 0.0539. The first-order valence-corrected chi connectivity index (χ1v) is 10.6. The quantitative estimate of drug-likeness (QED) is 0.457. The van der Waals surface area contributed by atoms with Gasteiger partial charge in [0.1, 0.15) is 17.3 Å². The Balaban J connectivity index is 1.81. The molecule has 0 aliphatic heterocycles. The lowest BCUT2D eigenvalue weighted by Crippen LogP contribution is -2.09. The van der Waals surface area contributed by atoms with Gasteiger partial charge in [0.2, 0.25) is 0 Å². The predicted molar refractivity (Wildman–Crippen MR) is 113 cm³/mol. The fourth-order valence-corrected chi connectivity index (χ4v) is 3.85. The first-order valence-electron chi connectivity index (χ1n) is 8.90. The Labute approximate surface area is 180 Å². The zero-order valence-corrected chi connectivity index (χ0v) is 18.3. The summed E-state index contributed by atoms with van der Waals surface area (Å²) < 4.78 is 46.4. The Morgan fingerprint density at radius 1 is 1.13 bits per heavy atom. The van der Waals surface area contributed by atoms with Crippen LogP contribution in [-0.4, -0.2) is 39.5 Å². The highest BCUT2D eigenvalue weighted by Gasteiger charge is 2.32. The molecule has 3 rings (SSSR count). The Kier molecular flexibility index (Phi) is 6.84. The van der Waals surface area contributed by atoms with Gasteiger partial charge in [-0.3, -0.25) is 9.29 Å². The van der Waals surface area contributed by atoms with Crippen molar-refractivity contribution in [3.8, 4) is 17.1 Å². The highest BCUT2D eigenvalue weighted by Crippen LogP contribution is 2.36. The van der Waals surface area contributed by atoms with Crippen LogP contribution in [0.25, 0.3) is 11.4 Å². The van der Waals surface area contributed by atoms with Gasteiger partial charge in [-0.25, -0.2) is 9.97 Å². The van der Waals surface area contributed by atoms with Crippen molar-refractivity contribution in [2.24, 2.45) is 0 Å². The number of pyridine rings is 2. The van der Waals surface area contributed by atoms with Crippen LogP contribution in [0.2, 0.25) is 0 Å². The molecular weight excluding hydrogens is 435 g/mol. The minimum Gasteiger partial charge on any atom is -0.489 e. The molecule has 1 N–H and O–H groups in total. The molecule has 0 unspecified atom stereocenters. The third-order valence-electron chi connectivity index (χ3n) is 3.56. The van der Waals surface area contributed by atoms with E-state index < -0.39 is 11.7 Å². The van der Waals surface area contributed by atoms with Crippen molar-refractivity contribution >= 4 is 34.2 Å². The summed E-state index contributed by atoms with van der Waals surface area (Å²) in [6.07, 6.45) is -1.96. The molecule has 0 bridgehead atoms. The summed E-state index contributed by atoms with van der Waals surface area (Å²) in [5.41, 5.74) is 0.510. The average Bonchev–Trinajstić information content (AvgIpc) is 3.10. The van der Waals surface area contributed by atoms with E-state index in [0.29, 0.717) is 33.0 Å². The van der Waals surface area contributed by atoms with Crippen LogP contribution in [-0.2, 0) is 6.18 Å². The SMILES string of the molecule is CC(C)Oc1ccc(-c2csc(Nc3ncc(C(F)(F)F)cc3SN(C)C)n2)nc1. The highest BCUT2D eigenvalue weighted by molar-refractivity contribution is 7.97. The van der Waals surface area contributed by atoms with Crippen molar-refractivity contribution in [1.82, 2.24) is 19.3 Å². The molecular formula is C19H20F3N5OS2. The van der Waals surface area contributed by atoms with Gasteiger partial charge in [-0.15, -0.1) is 11.3 Å². The van der Waals surface area contributed by atoms with Crippen molar-refractivity contribution in [2.45, 2.75) is 31.0 Å². The number of nitrogens with zero attached hydrogens (tertiary/aromatic N) is 4. The van der Waals surface area contributed by atoms with Crippen LogP contribution in [0.15, 0.2) is 40.9 Å². The van der Waals surface area contributed by atoms with Gasteiger partial charge in [0.25, 0.3) is 0 Å². The number of aromatic nitrogens is 3. The van der Waals surface area contributed by atoms with Gasteiger partial charge >= 0.3 is 6.18 Å². The summed E-state index contributed by atoms with van der Waals surface area (Å²) in [4.78, 5) is 13.2. The largest absolute Gasteiger partial charge is 0.489 e. The third-order valence-corrected chi connectivity index (χ3v) is 5.19. The van der Waals surface area contributed by atoms with Gasteiger partial charge in [0.05, 0.1) is 28.5 Å². The zero-order valence-electron chi connectivity index (χ0n) is 16.7. The molecule has 0 atom stereocenters. The second kappa shape index (κ2) is 9.19. The maximum Gasteiger partial charge on any atom is 0.417 e. The van der Waals surface area contributed by atoms with Crippen LogP contribution < -0.4 is 10.1 Å². The number of alkyl halides is 3. The van der Waals surface area contributed by atoms with Crippen molar-refractivity contribution in [2.75, 3.05) is 19.4 Å². The Morgan fingerprint density at radius 3 is 2.50 bits per heavy atom. The molecule has 0 aliphatic carbocycles. The van der Waals surface area contributed by atoms with Crippen LogP contribution in [0, 0.1) is 0 Å². The van der Waals surface area contributed by atoms with Gasteiger partial charge < -0.3 is 10.1 Å². The van der Waals surface area contributed by atoms with E-state index in [-0.39, 0.29) is 6.10 Å². The second-order valence-electron chi connectivity index (χ2n) is 6.68. The average molecular weight is 456 g/mol. The molecule has 3 aromatic rings. The van der Waals surface area contributed by atoms with Gasteiger partial charge in [0, 0.05) is 11.6 Å². The highest BCUT2D eigenvalue weighted by atomic mass is 32.2. The van der Waals surface area contributed by atoms with Gasteiger partial charge in [0.15, 0.2) is 5.13 Å². The Hall–Kier alpha value is -2.37. The van der Waals surface area contributed by atoms with E-state index in [1.807, 2.05) is 25.3 Å². The van der Waals surface area contributed by atoms with Gasteiger partial charge in [-0.1, -0.05) is 0 Å². The monoisotopic (exact) mass is 455 g/mol. The van der Waals surface area contributed by atoms with E-state index in [9.17, 15) is 13.2 Å². The van der Waals surface area contributed by atoms with E-state index in [0.717, 1.165) is 24.2 Å². The molecule has 0 amide bonds. The van der Waals surface area contributed by atoms with Crippen LogP contribution >= 0.6 is 23.3 Å². The molecule has 30 heavy (non-hydrogen) atoms. The molecule has 0 saturated carbocycles. The molecule has 0 spiro atoms. The maximum absolute atomic E-state index is 13.0. The first-order chi connectivity index (χ1) is 14.1. The number of thiazole rings is 1. The molecule has 3 heterocycles. The number of ether oxygens (including phenoxy) is 1. The lowest BCUT2D eigenvalue weighted by atomic mass is 10.3. The molecule has 0 aliphatic rings. The fraction of sp³-hybridized carbons (Fsp3) is 0.316. The zero-order chi connectivity index (χ0) is 21.9. The van der Waals surface area contributed by atoms with E-state index in [2.05, 4.69) is 20.3 Å². The summed E-state index contributed by atoms with van der Waals surface area (Å²) in [5.74, 6) is 0.970. The third kappa shape index (κ3) is 5.83. The topological polar surface area (TPSA) is 63.2 Å². The summed E-state index contributed by atoms with van der Waals surface area (Å²) in [7, 11) is 3.49. The number of rotatable bonds is 7. The van der Waals surface area contributed by atoms with Crippen molar-refractivity contribution in [3.05, 3.63) is 41.5 Å². The molecule has 6 nitrogen and oxygen atoms in total. The van der Waals surface area contributed by atoms with Crippen molar-refractivity contribution in [3.63, 3.8) is 0 Å². The lowest BCUT2D eigenvalue weighted by molar-refractivity contribution is -0.138. The van der Waals surface area contributed by atoms with Crippen LogP contribution in [0.1, 0.15) is 19.4 Å². The molecule has 160 valence electrons. The number of hydrogen-bond acceptors (Lipinski definition) is 8. The molecule has 3 aromatic heterocycles. The van der Waals surface area contributed by atoms with Gasteiger partial charge in [-0.05, 0) is 58.1 Å². The fourth-order valence-electron chi connectivity index (χ4n) is 2.38. The molecule has 0 saturated heterocycles. The smallest absolute Gasteiger partial charge is 0.417 e. The van der Waals surface area contributed by atoms with Crippen molar-refractivity contribution in [1.29, 1.82) is 0 Å². The number of nitrogens with one attached hydrogen (secondary N) is 1. The maximum atomic E-state index is 13.0. The van der Waals surface area contributed by atoms with Crippen LogP contribution in [0.5, 0.6) is 5.75 Å². The lowest BCUT2D eigenvalue weighted by Gasteiger charge is -2.15. The number of hydrogen-bond donors (Lipinski definition) is 1. The normalized spacial score (nSPS) is 11.9. The Bertz CT molecular complexity index is 991. The second-order valence-corrected chi connectivity index (χ2v) is 8.89. The summed E-state index contributed by atoms with van der Waals surface area (Å²) in [5, 5.41) is 5.33. The molecule has 11 heteroatoms. The summed E-state index contributed by atoms with van der Waals surface area (Å²) in [6, 6.07) is 4.70. The van der Waals surface area contributed by atoms with E-state index in [4.69, 9.17) is 4.74 Å². The summed E-state index contributed by atoms with van der Waals surface area (Å²) in [6.45, 7) is 3.87. The molecule has 0 fully saturated rings. The Morgan fingerprint density at radius 2 is 1.90 bits per heavy atom. The van der Waals surface area contributed by atoms with E-state index in [1.54, 1.807) is 30.7 Å². The number of halogens is 3. The first kappa shape index (κ1) is 22.3. The van der Waals surface area contributed by atoms with Gasteiger partial charge in [-0.2, -0.15) is 13.2 Å². The van der Waals surface area contributed by atoms with Crippen LogP contribution in [0.4, 0.5) is 24.1 Å². The minimum atomic E-state index is -4.46. The molecule has 0 aromatic carbocycles. The summed E-state index contributed by atoms with van der Waals surface area (Å²) >= 11 is 2.46. The van der Waals surface area contributed by atoms with E-state index >= 15 is 0 Å². The number of anilines is 2. The van der Waals surface area contributed by atoms with E-state index in [1.165, 1.54) is 11.3 Å². The van der Waals surface area contributed by atoms with Crippen LogP contribution in [0.3, 0.4) is 0 Å². The standard InChI is InChI=1S/C19H20F3N5OS2/c1-11(2)28-13-5-6-14(23-9-13)15-10-29-18(25-15)26-17-16(30-27(3)4)7-12(8-24-17)19(20,21)22/h5-11H,1-4H3,(H,24,25,26). The predicted octanol–water partition coefficient (Wildman–Crippen LogP) is 5.72. The van der Waals surface area contributed by atoms with Crippen molar-refractivity contribution < 1.29 is 17.9 Å².